The Kier molecular flexibility index (Phi) is 5.49. The van der Waals surface area contributed by atoms with Crippen LogP contribution >= 0.6 is 0 Å². The first-order chi connectivity index (χ1) is 15.8. The van der Waals surface area contributed by atoms with Crippen molar-refractivity contribution in [1.82, 2.24) is 19.9 Å². The molecule has 1 saturated carbocycles. The Hall–Kier alpha value is -3.11. The molecule has 0 radical (unpaired) electrons. The fourth-order valence-corrected chi connectivity index (χ4v) is 4.79. The number of aliphatic hydroxyl groups excluding tert-OH is 1. The number of hydrogen-bond donors (Lipinski definition) is 1. The molecule has 172 valence electrons. The third-order valence-corrected chi connectivity index (χ3v) is 6.23. The fourth-order valence-electron chi connectivity index (χ4n) is 4.79. The molecule has 1 aliphatic carbocycles. The molecule has 10 heteroatoms. The van der Waals surface area contributed by atoms with Gasteiger partial charge in [0, 0.05) is 48.4 Å². The first-order valence-corrected chi connectivity index (χ1v) is 10.5. The van der Waals surface area contributed by atoms with Crippen LogP contribution in [0.3, 0.4) is 0 Å². The van der Waals surface area contributed by atoms with E-state index in [9.17, 15) is 22.7 Å². The van der Waals surface area contributed by atoms with Crippen molar-refractivity contribution in [3.63, 3.8) is 0 Å². The zero-order chi connectivity index (χ0) is 23.2. The zero-order valence-corrected chi connectivity index (χ0v) is 17.3. The van der Waals surface area contributed by atoms with Gasteiger partial charge in [0.05, 0.1) is 5.56 Å². The monoisotopic (exact) mass is 460 g/mol. The molecule has 33 heavy (non-hydrogen) atoms. The number of aliphatic hydroxyl groups is 1. The summed E-state index contributed by atoms with van der Waals surface area (Å²) in [4.78, 5) is 13.9. The smallest absolute Gasteiger partial charge is 0.417 e. The molecule has 1 N–H and O–H groups in total. The Morgan fingerprint density at radius 2 is 1.82 bits per heavy atom. The van der Waals surface area contributed by atoms with Crippen LogP contribution in [0.1, 0.15) is 30.2 Å². The zero-order valence-electron chi connectivity index (χ0n) is 17.3. The number of alkyl halides is 3. The molecule has 0 amide bonds. The van der Waals surface area contributed by atoms with Crippen molar-refractivity contribution >= 4 is 0 Å². The number of halogens is 4. The van der Waals surface area contributed by atoms with Gasteiger partial charge in [0.15, 0.2) is 5.82 Å². The molecule has 4 unspecified atom stereocenters. The summed E-state index contributed by atoms with van der Waals surface area (Å²) in [6.07, 6.45) is -0.877. The second kappa shape index (κ2) is 8.35. The van der Waals surface area contributed by atoms with E-state index >= 15 is 0 Å². The predicted octanol–water partition coefficient (Wildman–Crippen LogP) is 4.23. The van der Waals surface area contributed by atoms with Crippen LogP contribution in [0, 0.1) is 11.7 Å². The molecule has 4 atom stereocenters. The van der Waals surface area contributed by atoms with Gasteiger partial charge in [-0.3, -0.25) is 4.90 Å². The summed E-state index contributed by atoms with van der Waals surface area (Å²) >= 11 is 0. The molecule has 2 fully saturated rings. The molecule has 3 aromatic rings. The van der Waals surface area contributed by atoms with Crippen LogP contribution in [0.15, 0.2) is 55.0 Å². The fraction of sp³-hybridized carbons (Fsp3) is 0.348. The van der Waals surface area contributed by atoms with Gasteiger partial charge in [-0.25, -0.2) is 19.3 Å². The van der Waals surface area contributed by atoms with E-state index in [0.29, 0.717) is 24.4 Å². The number of piperidine rings is 1. The minimum Gasteiger partial charge on any atom is -0.473 e. The third-order valence-electron chi connectivity index (χ3n) is 6.23. The van der Waals surface area contributed by atoms with Crippen LogP contribution < -0.4 is 4.74 Å². The number of rotatable bonds is 5. The van der Waals surface area contributed by atoms with Crippen LogP contribution in [0.2, 0.25) is 0 Å². The van der Waals surface area contributed by atoms with Gasteiger partial charge in [0.25, 0.3) is 0 Å². The largest absolute Gasteiger partial charge is 0.473 e. The topological polar surface area (TPSA) is 71.4 Å². The first kappa shape index (κ1) is 21.7. The second-order valence-electron chi connectivity index (χ2n) is 8.29. The van der Waals surface area contributed by atoms with Gasteiger partial charge < -0.3 is 9.84 Å². The highest BCUT2D eigenvalue weighted by molar-refractivity contribution is 5.61. The van der Waals surface area contributed by atoms with Gasteiger partial charge in [-0.15, -0.1) is 0 Å². The lowest BCUT2D eigenvalue weighted by Gasteiger charge is -2.36. The molecule has 2 aliphatic rings. The van der Waals surface area contributed by atoms with E-state index in [1.807, 2.05) is 0 Å². The summed E-state index contributed by atoms with van der Waals surface area (Å²) in [7, 11) is 0. The Morgan fingerprint density at radius 1 is 1.03 bits per heavy atom. The molecule has 2 aromatic heterocycles. The average molecular weight is 460 g/mol. The number of benzene rings is 1. The Bertz CT molecular complexity index is 1130. The van der Waals surface area contributed by atoms with E-state index in [0.717, 1.165) is 18.7 Å². The van der Waals surface area contributed by atoms with Crippen molar-refractivity contribution < 1.29 is 27.4 Å². The van der Waals surface area contributed by atoms with Crippen molar-refractivity contribution in [2.24, 2.45) is 5.92 Å². The van der Waals surface area contributed by atoms with E-state index in [2.05, 4.69) is 15.0 Å². The van der Waals surface area contributed by atoms with Gasteiger partial charge in [-0.2, -0.15) is 13.2 Å². The van der Waals surface area contributed by atoms with E-state index in [4.69, 9.17) is 4.74 Å². The summed E-state index contributed by atoms with van der Waals surface area (Å²) in [5.74, 6) is 0.0285. The summed E-state index contributed by atoms with van der Waals surface area (Å²) < 4.78 is 59.1. The minimum absolute atomic E-state index is 0.0826. The lowest BCUT2D eigenvalue weighted by molar-refractivity contribution is -0.137. The number of pyridine rings is 1. The number of likely N-dealkylation sites (tertiary alicyclic amines) is 1. The Morgan fingerprint density at radius 3 is 2.48 bits per heavy atom. The third kappa shape index (κ3) is 4.16. The summed E-state index contributed by atoms with van der Waals surface area (Å²) in [5.41, 5.74) is -0.370. The van der Waals surface area contributed by atoms with Crippen LogP contribution in [0.25, 0.3) is 11.4 Å². The highest BCUT2D eigenvalue weighted by Gasteiger charge is 2.49. The maximum absolute atomic E-state index is 14.9. The molecule has 5 rings (SSSR count). The minimum atomic E-state index is -4.47. The van der Waals surface area contributed by atoms with E-state index in [1.165, 1.54) is 18.2 Å². The quantitative estimate of drug-likeness (QED) is 0.575. The number of aromatic nitrogens is 3. The van der Waals surface area contributed by atoms with Crippen LogP contribution in [-0.2, 0) is 6.18 Å². The van der Waals surface area contributed by atoms with E-state index < -0.39 is 23.8 Å². The molecule has 3 heterocycles. The summed E-state index contributed by atoms with van der Waals surface area (Å²) in [6, 6.07) is 8.00. The highest BCUT2D eigenvalue weighted by Crippen LogP contribution is 2.44. The van der Waals surface area contributed by atoms with Gasteiger partial charge in [0.1, 0.15) is 18.1 Å². The number of ether oxygens (including phenoxy) is 1. The van der Waals surface area contributed by atoms with Gasteiger partial charge in [-0.05, 0) is 37.0 Å². The van der Waals surface area contributed by atoms with Crippen molar-refractivity contribution in [3.8, 4) is 17.3 Å². The van der Waals surface area contributed by atoms with Crippen molar-refractivity contribution in [3.05, 3.63) is 71.9 Å². The van der Waals surface area contributed by atoms with Gasteiger partial charge in [-0.1, -0.05) is 12.1 Å². The molecule has 2 bridgehead atoms. The highest BCUT2D eigenvalue weighted by atomic mass is 19.4. The van der Waals surface area contributed by atoms with Gasteiger partial charge >= 0.3 is 6.18 Å². The maximum Gasteiger partial charge on any atom is 0.417 e. The van der Waals surface area contributed by atoms with Crippen LogP contribution in [0.4, 0.5) is 17.6 Å². The van der Waals surface area contributed by atoms with Crippen molar-refractivity contribution in [1.29, 1.82) is 0 Å². The normalized spacial score (nSPS) is 23.6. The molecule has 6 nitrogen and oxygen atoms in total. The maximum atomic E-state index is 14.9. The molecular weight excluding hydrogens is 440 g/mol. The molecular formula is C23H20F4N4O2. The molecule has 0 spiro atoms. The van der Waals surface area contributed by atoms with Crippen LogP contribution in [-0.4, -0.2) is 43.6 Å². The Balaban J connectivity index is 1.38. The van der Waals surface area contributed by atoms with E-state index in [-0.39, 0.29) is 29.5 Å². The van der Waals surface area contributed by atoms with Crippen molar-refractivity contribution in [2.75, 3.05) is 6.54 Å². The molecule has 1 saturated heterocycles. The first-order valence-electron chi connectivity index (χ1n) is 10.5. The lowest BCUT2D eigenvalue weighted by atomic mass is 10.0. The van der Waals surface area contributed by atoms with Crippen LogP contribution in [0.5, 0.6) is 5.88 Å². The summed E-state index contributed by atoms with van der Waals surface area (Å²) in [5, 5.41) is 11.2. The van der Waals surface area contributed by atoms with Gasteiger partial charge in [0.2, 0.25) is 5.88 Å². The Labute approximate surface area is 186 Å². The summed E-state index contributed by atoms with van der Waals surface area (Å²) in [6.45, 7) is 0.551. The second-order valence-corrected chi connectivity index (χ2v) is 8.29. The number of fused-ring (bicyclic) bond motifs is 2. The van der Waals surface area contributed by atoms with Crippen molar-refractivity contribution in [2.45, 2.75) is 37.4 Å². The lowest BCUT2D eigenvalue weighted by Crippen LogP contribution is -2.46. The number of hydrogen-bond acceptors (Lipinski definition) is 6. The molecule has 1 aliphatic heterocycles. The average Bonchev–Trinajstić information content (AvgIpc) is 3.39. The molecule has 1 aromatic carbocycles. The standard InChI is InChI=1S/C23H20F4N4O2/c24-16-4-1-3-15(21-28-7-2-8-29-21)20(16)22(32)31-12-13-9-17(31)18(10-13)33-19-6-5-14(11-30-19)23(25,26)27/h1-8,11,13,17-18,22,32H,9-10,12H2. The predicted molar refractivity (Wildman–Crippen MR) is 109 cm³/mol. The SMILES string of the molecule is OC(c1c(F)cccc1-c1ncccn1)N1CC2CC(Oc3ccc(C(F)(F)F)cn3)C1C2. The number of nitrogens with zero attached hydrogens (tertiary/aromatic N) is 4. The van der Waals surface area contributed by atoms with E-state index in [1.54, 1.807) is 29.4 Å².